The number of rotatable bonds is 6. The molecule has 3 N–H and O–H groups in total. The predicted molar refractivity (Wildman–Crippen MR) is 59.2 cm³/mol. The lowest BCUT2D eigenvalue weighted by Gasteiger charge is -2.11. The van der Waals surface area contributed by atoms with Gasteiger partial charge in [-0.3, -0.25) is 0 Å². The molecule has 0 unspecified atom stereocenters. The first-order chi connectivity index (χ1) is 7.29. The molecular formula is C11H17NO3. The Kier molecular flexibility index (Phi) is 4.77. The molecule has 1 rings (SSSR count). The van der Waals surface area contributed by atoms with Gasteiger partial charge in [0.1, 0.15) is 17.2 Å². The van der Waals surface area contributed by atoms with Crippen molar-refractivity contribution in [2.75, 3.05) is 25.6 Å². The summed E-state index contributed by atoms with van der Waals surface area (Å²) in [5, 5.41) is 8.62. The summed E-state index contributed by atoms with van der Waals surface area (Å²) < 4.78 is 10.7. The second-order valence-corrected chi connectivity index (χ2v) is 3.03. The second kappa shape index (κ2) is 6.14. The van der Waals surface area contributed by atoms with E-state index in [9.17, 15) is 0 Å². The van der Waals surface area contributed by atoms with E-state index in [-0.39, 0.29) is 6.61 Å². The van der Waals surface area contributed by atoms with Gasteiger partial charge < -0.3 is 20.3 Å². The van der Waals surface area contributed by atoms with Gasteiger partial charge in [-0.2, -0.15) is 0 Å². The summed E-state index contributed by atoms with van der Waals surface area (Å²) in [5.74, 6) is 1.24. The molecule has 1 aromatic rings. The number of nitrogens with two attached hydrogens (primary N) is 1. The van der Waals surface area contributed by atoms with E-state index >= 15 is 0 Å². The monoisotopic (exact) mass is 211 g/mol. The number of hydrogen-bond acceptors (Lipinski definition) is 4. The quantitative estimate of drug-likeness (QED) is 0.552. The standard InChI is InChI=1S/C11H17NO3/c1-2-14-9-5-3-6-10(11(9)12)15-8-4-7-13/h3,5-6,13H,2,4,7-8,12H2,1H3. The van der Waals surface area contributed by atoms with Crippen LogP contribution < -0.4 is 15.2 Å². The third-order valence-corrected chi connectivity index (χ3v) is 1.89. The van der Waals surface area contributed by atoms with E-state index in [0.717, 1.165) is 0 Å². The Hall–Kier alpha value is -1.42. The number of benzene rings is 1. The Balaban J connectivity index is 2.66. The van der Waals surface area contributed by atoms with E-state index in [1.54, 1.807) is 12.1 Å². The van der Waals surface area contributed by atoms with E-state index in [1.807, 2.05) is 13.0 Å². The molecule has 0 aromatic heterocycles. The molecule has 0 saturated heterocycles. The van der Waals surface area contributed by atoms with E-state index in [4.69, 9.17) is 20.3 Å². The Labute approximate surface area is 89.6 Å². The molecule has 0 bridgehead atoms. The van der Waals surface area contributed by atoms with Crippen molar-refractivity contribution in [3.63, 3.8) is 0 Å². The fourth-order valence-electron chi connectivity index (χ4n) is 1.18. The lowest BCUT2D eigenvalue weighted by Crippen LogP contribution is -2.04. The van der Waals surface area contributed by atoms with Gasteiger partial charge >= 0.3 is 0 Å². The average Bonchev–Trinajstić information content (AvgIpc) is 2.24. The van der Waals surface area contributed by atoms with Crippen molar-refractivity contribution in [2.24, 2.45) is 0 Å². The fourth-order valence-corrected chi connectivity index (χ4v) is 1.18. The summed E-state index contributed by atoms with van der Waals surface area (Å²) in [6.45, 7) is 3.05. The molecule has 0 aliphatic heterocycles. The summed E-state index contributed by atoms with van der Waals surface area (Å²) in [4.78, 5) is 0. The first kappa shape index (κ1) is 11.7. The van der Waals surface area contributed by atoms with E-state index in [1.165, 1.54) is 0 Å². The zero-order valence-corrected chi connectivity index (χ0v) is 8.90. The molecule has 0 spiro atoms. The van der Waals surface area contributed by atoms with E-state index in [0.29, 0.717) is 36.8 Å². The summed E-state index contributed by atoms with van der Waals surface area (Å²) >= 11 is 0. The van der Waals surface area contributed by atoms with Crippen LogP contribution in [-0.2, 0) is 0 Å². The van der Waals surface area contributed by atoms with Crippen LogP contribution in [0, 0.1) is 0 Å². The number of para-hydroxylation sites is 1. The summed E-state index contributed by atoms with van der Waals surface area (Å²) in [5.41, 5.74) is 6.35. The van der Waals surface area contributed by atoms with Gasteiger partial charge in [0, 0.05) is 13.0 Å². The van der Waals surface area contributed by atoms with Crippen LogP contribution in [-0.4, -0.2) is 24.9 Å². The van der Waals surface area contributed by atoms with Crippen LogP contribution in [0.25, 0.3) is 0 Å². The molecule has 0 amide bonds. The van der Waals surface area contributed by atoms with Gasteiger partial charge in [0.2, 0.25) is 0 Å². The maximum Gasteiger partial charge on any atom is 0.146 e. The molecule has 0 atom stereocenters. The fraction of sp³-hybridized carbons (Fsp3) is 0.455. The maximum absolute atomic E-state index is 8.62. The van der Waals surface area contributed by atoms with Crippen molar-refractivity contribution >= 4 is 5.69 Å². The number of nitrogen functional groups attached to an aromatic ring is 1. The summed E-state index contributed by atoms with van der Waals surface area (Å²) in [7, 11) is 0. The molecule has 15 heavy (non-hydrogen) atoms. The minimum absolute atomic E-state index is 0.116. The van der Waals surface area contributed by atoms with Crippen molar-refractivity contribution in [2.45, 2.75) is 13.3 Å². The molecule has 4 nitrogen and oxygen atoms in total. The normalized spacial score (nSPS) is 10.0. The Morgan fingerprint density at radius 1 is 1.27 bits per heavy atom. The zero-order valence-electron chi connectivity index (χ0n) is 8.90. The van der Waals surface area contributed by atoms with Crippen LogP contribution in [0.3, 0.4) is 0 Å². The highest BCUT2D eigenvalue weighted by atomic mass is 16.5. The Bertz CT molecular complexity index is 302. The first-order valence-electron chi connectivity index (χ1n) is 5.04. The van der Waals surface area contributed by atoms with E-state index < -0.39 is 0 Å². The molecule has 0 aliphatic carbocycles. The molecule has 0 saturated carbocycles. The van der Waals surface area contributed by atoms with Crippen molar-refractivity contribution < 1.29 is 14.6 Å². The van der Waals surface area contributed by atoms with Crippen LogP contribution in [0.4, 0.5) is 5.69 Å². The molecule has 0 heterocycles. The van der Waals surface area contributed by atoms with Gasteiger partial charge in [0.15, 0.2) is 0 Å². The number of anilines is 1. The molecule has 4 heteroatoms. The molecular weight excluding hydrogens is 194 g/mol. The lowest BCUT2D eigenvalue weighted by molar-refractivity contribution is 0.233. The van der Waals surface area contributed by atoms with Gasteiger partial charge in [0.25, 0.3) is 0 Å². The van der Waals surface area contributed by atoms with Crippen LogP contribution >= 0.6 is 0 Å². The van der Waals surface area contributed by atoms with E-state index in [2.05, 4.69) is 0 Å². The van der Waals surface area contributed by atoms with Gasteiger partial charge in [-0.25, -0.2) is 0 Å². The Morgan fingerprint density at radius 2 is 1.93 bits per heavy atom. The highest BCUT2D eigenvalue weighted by molar-refractivity contribution is 5.62. The number of aliphatic hydroxyl groups is 1. The van der Waals surface area contributed by atoms with Gasteiger partial charge in [-0.15, -0.1) is 0 Å². The minimum atomic E-state index is 0.116. The number of ether oxygens (including phenoxy) is 2. The van der Waals surface area contributed by atoms with Gasteiger partial charge in [-0.1, -0.05) is 6.07 Å². The number of aliphatic hydroxyl groups excluding tert-OH is 1. The average molecular weight is 211 g/mol. The molecule has 1 aromatic carbocycles. The van der Waals surface area contributed by atoms with Crippen LogP contribution in [0.15, 0.2) is 18.2 Å². The van der Waals surface area contributed by atoms with Gasteiger partial charge in [-0.05, 0) is 19.1 Å². The minimum Gasteiger partial charge on any atom is -0.492 e. The first-order valence-corrected chi connectivity index (χ1v) is 5.04. The predicted octanol–water partition coefficient (Wildman–Crippen LogP) is 1.43. The third kappa shape index (κ3) is 3.32. The van der Waals surface area contributed by atoms with Crippen LogP contribution in [0.1, 0.15) is 13.3 Å². The SMILES string of the molecule is CCOc1cccc(OCCCO)c1N. The lowest BCUT2D eigenvalue weighted by atomic mass is 10.2. The second-order valence-electron chi connectivity index (χ2n) is 3.03. The van der Waals surface area contributed by atoms with Crippen LogP contribution in [0.5, 0.6) is 11.5 Å². The van der Waals surface area contributed by atoms with Crippen molar-refractivity contribution in [1.82, 2.24) is 0 Å². The van der Waals surface area contributed by atoms with Crippen molar-refractivity contribution in [1.29, 1.82) is 0 Å². The highest BCUT2D eigenvalue weighted by Crippen LogP contribution is 2.31. The Morgan fingerprint density at radius 3 is 2.53 bits per heavy atom. The highest BCUT2D eigenvalue weighted by Gasteiger charge is 2.05. The summed E-state index contributed by atoms with van der Waals surface area (Å²) in [6, 6.07) is 5.42. The topological polar surface area (TPSA) is 64.7 Å². The number of hydrogen-bond donors (Lipinski definition) is 2. The molecule has 84 valence electrons. The maximum atomic E-state index is 8.62. The molecule has 0 fully saturated rings. The van der Waals surface area contributed by atoms with Crippen LogP contribution in [0.2, 0.25) is 0 Å². The third-order valence-electron chi connectivity index (χ3n) is 1.89. The zero-order chi connectivity index (χ0) is 11.1. The van der Waals surface area contributed by atoms with Crippen molar-refractivity contribution in [3.8, 4) is 11.5 Å². The van der Waals surface area contributed by atoms with Gasteiger partial charge in [0.05, 0.1) is 13.2 Å². The summed E-state index contributed by atoms with van der Waals surface area (Å²) in [6.07, 6.45) is 0.596. The molecule has 0 aliphatic rings. The molecule has 0 radical (unpaired) electrons. The largest absolute Gasteiger partial charge is 0.492 e. The van der Waals surface area contributed by atoms with Crippen molar-refractivity contribution in [3.05, 3.63) is 18.2 Å². The smallest absolute Gasteiger partial charge is 0.146 e.